The van der Waals surface area contributed by atoms with Gasteiger partial charge in [0, 0.05) is 13.0 Å². The van der Waals surface area contributed by atoms with Gasteiger partial charge in [0.15, 0.2) is 0 Å². The third-order valence-electron chi connectivity index (χ3n) is 8.22. The number of carbonyl (C=O) groups excluding carboxylic acids is 2. The van der Waals surface area contributed by atoms with E-state index >= 15 is 0 Å². The van der Waals surface area contributed by atoms with Crippen molar-refractivity contribution in [2.75, 3.05) is 6.61 Å². The fraction of sp³-hybridized carbons (Fsp3) is 0.941. The first-order valence-corrected chi connectivity index (χ1v) is 17.1. The second-order valence-electron chi connectivity index (χ2n) is 12.7. The molecule has 1 saturated heterocycles. The molecule has 0 spiro atoms. The van der Waals surface area contributed by atoms with Gasteiger partial charge in [-0.3, -0.25) is 9.59 Å². The molecule has 1 heterocycles. The summed E-state index contributed by atoms with van der Waals surface area (Å²) in [5, 5.41) is 14.2. The van der Waals surface area contributed by atoms with Gasteiger partial charge in [0.05, 0.1) is 24.7 Å². The highest BCUT2D eigenvalue weighted by molar-refractivity contribution is 5.98. The Balaban J connectivity index is 2.47. The summed E-state index contributed by atoms with van der Waals surface area (Å²) in [5.41, 5.74) is 0. The van der Waals surface area contributed by atoms with Gasteiger partial charge in [-0.05, 0) is 32.1 Å². The summed E-state index contributed by atoms with van der Waals surface area (Å²) in [6.45, 7) is 11.2. The minimum Gasteiger partial charge on any atom is -0.388 e. The second-order valence-corrected chi connectivity index (χ2v) is 12.7. The molecule has 6 heteroatoms. The maximum Gasteiger partial charge on any atom is 0.227 e. The Hall–Kier alpha value is -0.980. The van der Waals surface area contributed by atoms with Crippen LogP contribution in [0.4, 0.5) is 0 Å². The van der Waals surface area contributed by atoms with Gasteiger partial charge in [-0.25, -0.2) is 0 Å². The summed E-state index contributed by atoms with van der Waals surface area (Å²) in [6.07, 6.45) is 19.7. The lowest BCUT2D eigenvalue weighted by Crippen LogP contribution is -2.63. The first-order valence-electron chi connectivity index (χ1n) is 17.1. The van der Waals surface area contributed by atoms with Gasteiger partial charge >= 0.3 is 0 Å². The molecule has 1 aliphatic heterocycles. The molecule has 6 nitrogen and oxygen atoms in total. The zero-order valence-electron chi connectivity index (χ0n) is 26.9. The van der Waals surface area contributed by atoms with E-state index in [-0.39, 0.29) is 30.3 Å². The highest BCUT2D eigenvalue weighted by atomic mass is 16.5. The molecule has 5 atom stereocenters. The third-order valence-corrected chi connectivity index (χ3v) is 8.22. The molecule has 0 aromatic rings. The van der Waals surface area contributed by atoms with Crippen LogP contribution in [0.1, 0.15) is 163 Å². The maximum atomic E-state index is 12.8. The van der Waals surface area contributed by atoms with Gasteiger partial charge in [-0.2, -0.15) is 0 Å². The molecular weight excluding hydrogens is 502 g/mol. The van der Waals surface area contributed by atoms with Crippen LogP contribution in [0.15, 0.2) is 0 Å². The molecule has 1 aliphatic rings. The molecule has 0 bridgehead atoms. The molecular formula is C34H65NO5. The molecule has 0 aromatic heterocycles. The van der Waals surface area contributed by atoms with Gasteiger partial charge < -0.3 is 19.9 Å². The van der Waals surface area contributed by atoms with E-state index in [4.69, 9.17) is 9.47 Å². The molecule has 2 N–H and O–H groups in total. The van der Waals surface area contributed by atoms with Crippen LogP contribution in [-0.2, 0) is 19.1 Å². The fourth-order valence-electron chi connectivity index (χ4n) is 5.79. The fourth-order valence-corrected chi connectivity index (χ4v) is 5.79. The number of hydrogen-bond acceptors (Lipinski definition) is 5. The van der Waals surface area contributed by atoms with Crippen molar-refractivity contribution in [2.24, 2.45) is 5.92 Å². The van der Waals surface area contributed by atoms with Crippen LogP contribution >= 0.6 is 0 Å². The third kappa shape index (κ3) is 17.1. The van der Waals surface area contributed by atoms with E-state index in [0.717, 1.165) is 38.5 Å². The van der Waals surface area contributed by atoms with Gasteiger partial charge in [-0.1, -0.05) is 124 Å². The van der Waals surface area contributed by atoms with E-state index < -0.39 is 18.2 Å². The summed E-state index contributed by atoms with van der Waals surface area (Å²) in [6, 6.07) is -0.472. The molecule has 40 heavy (non-hydrogen) atoms. The summed E-state index contributed by atoms with van der Waals surface area (Å²) in [4.78, 5) is 25.3. The highest BCUT2D eigenvalue weighted by Crippen LogP contribution is 2.28. The van der Waals surface area contributed by atoms with Gasteiger partial charge in [-0.15, -0.1) is 0 Å². The number of aliphatic hydroxyl groups excluding tert-OH is 1. The zero-order chi connectivity index (χ0) is 29.6. The van der Waals surface area contributed by atoms with Crippen LogP contribution in [0.2, 0.25) is 0 Å². The smallest absolute Gasteiger partial charge is 0.227 e. The number of aliphatic hydroxyl groups is 1. The Morgan fingerprint density at radius 1 is 0.800 bits per heavy atom. The lowest BCUT2D eigenvalue weighted by Gasteiger charge is -2.44. The van der Waals surface area contributed by atoms with Crippen LogP contribution in [0.5, 0.6) is 0 Å². The normalized spacial score (nSPS) is 23.0. The predicted molar refractivity (Wildman–Crippen MR) is 166 cm³/mol. The molecule has 0 aromatic carbocycles. The Morgan fingerprint density at radius 3 is 1.82 bits per heavy atom. The van der Waals surface area contributed by atoms with Gasteiger partial charge in [0.2, 0.25) is 5.91 Å². The van der Waals surface area contributed by atoms with Crippen molar-refractivity contribution < 1.29 is 24.2 Å². The number of rotatable bonds is 25. The number of nitrogens with one attached hydrogen (secondary N) is 1. The van der Waals surface area contributed by atoms with Crippen molar-refractivity contribution in [1.82, 2.24) is 5.32 Å². The van der Waals surface area contributed by atoms with Crippen molar-refractivity contribution in [3.05, 3.63) is 0 Å². The Labute approximate surface area is 247 Å². The van der Waals surface area contributed by atoms with E-state index in [2.05, 4.69) is 33.0 Å². The van der Waals surface area contributed by atoms with Crippen LogP contribution in [0, 0.1) is 5.92 Å². The average molecular weight is 568 g/mol. The Bertz CT molecular complexity index is 640. The number of unbranched alkanes of at least 4 members (excludes halogenated alkanes) is 15. The number of hydrogen-bond donors (Lipinski definition) is 2. The standard InChI is InChI=1S/C34H65NO5/c1-6-8-10-12-14-16-17-19-21-23-29(36)26-31(37)35-32-28(5)40-30(25-27(3)4)33(38)34(32)39-24-22-20-18-15-13-11-9-7-2/h27-28,30,32-34,38H,6-26H2,1-5H3,(H,35,37)/t28-,30-,32?,33?,34?/m1/s1. The van der Waals surface area contributed by atoms with Crippen LogP contribution in [0.3, 0.4) is 0 Å². The second kappa shape index (κ2) is 23.6. The van der Waals surface area contributed by atoms with Crippen molar-refractivity contribution in [3.63, 3.8) is 0 Å². The molecule has 0 radical (unpaired) electrons. The van der Waals surface area contributed by atoms with Crippen molar-refractivity contribution in [2.45, 2.75) is 193 Å². The molecule has 1 fully saturated rings. The molecule has 1 amide bonds. The molecule has 0 aliphatic carbocycles. The largest absolute Gasteiger partial charge is 0.388 e. The van der Waals surface area contributed by atoms with E-state index in [1.807, 2.05) is 6.92 Å². The zero-order valence-corrected chi connectivity index (χ0v) is 26.9. The molecule has 0 saturated carbocycles. The SMILES string of the molecule is CCCCCCCCCCCC(=O)CC(=O)NC1C(OCCCCCCCCCC)C(O)[C@@H](CC(C)C)O[C@@H]1C. The van der Waals surface area contributed by atoms with E-state index in [1.165, 1.54) is 77.0 Å². The minimum absolute atomic E-state index is 0.0144. The molecule has 1 rings (SSSR count). The first kappa shape index (κ1) is 37.0. The van der Waals surface area contributed by atoms with Crippen LogP contribution in [-0.4, -0.2) is 53.9 Å². The number of ether oxygens (including phenoxy) is 2. The van der Waals surface area contributed by atoms with Gasteiger partial charge in [0.1, 0.15) is 18.0 Å². The Morgan fingerprint density at radius 2 is 1.30 bits per heavy atom. The maximum absolute atomic E-state index is 12.8. The lowest BCUT2D eigenvalue weighted by molar-refractivity contribution is -0.199. The number of ketones is 1. The van der Waals surface area contributed by atoms with Crippen molar-refractivity contribution in [3.8, 4) is 0 Å². The molecule has 3 unspecified atom stereocenters. The van der Waals surface area contributed by atoms with E-state index in [0.29, 0.717) is 18.9 Å². The topological polar surface area (TPSA) is 84.9 Å². The van der Waals surface area contributed by atoms with Crippen molar-refractivity contribution >= 4 is 11.7 Å². The monoisotopic (exact) mass is 567 g/mol. The number of carbonyl (C=O) groups is 2. The van der Waals surface area contributed by atoms with Crippen LogP contribution in [0.25, 0.3) is 0 Å². The minimum atomic E-state index is -0.810. The van der Waals surface area contributed by atoms with Crippen LogP contribution < -0.4 is 5.32 Å². The quantitative estimate of drug-likeness (QED) is 0.0860. The Kier molecular flexibility index (Phi) is 21.8. The molecule has 236 valence electrons. The summed E-state index contributed by atoms with van der Waals surface area (Å²) in [5.74, 6) is 0.0704. The lowest BCUT2D eigenvalue weighted by atomic mass is 9.89. The number of Topliss-reactive ketones (excluding diaryl/α,β-unsaturated/α-hetero) is 1. The van der Waals surface area contributed by atoms with E-state index in [1.54, 1.807) is 0 Å². The summed E-state index contributed by atoms with van der Waals surface area (Å²) in [7, 11) is 0. The highest BCUT2D eigenvalue weighted by Gasteiger charge is 2.44. The summed E-state index contributed by atoms with van der Waals surface area (Å²) < 4.78 is 12.4. The summed E-state index contributed by atoms with van der Waals surface area (Å²) >= 11 is 0. The van der Waals surface area contributed by atoms with Gasteiger partial charge in [0.25, 0.3) is 0 Å². The number of amides is 1. The van der Waals surface area contributed by atoms with Crippen molar-refractivity contribution in [1.29, 1.82) is 0 Å². The predicted octanol–water partition coefficient (Wildman–Crippen LogP) is 8.07. The van der Waals surface area contributed by atoms with E-state index in [9.17, 15) is 14.7 Å². The first-order chi connectivity index (χ1) is 19.3. The average Bonchev–Trinajstić information content (AvgIpc) is 2.90.